The van der Waals surface area contributed by atoms with E-state index in [2.05, 4.69) is 10.6 Å². The molecule has 25 heavy (non-hydrogen) atoms. The van der Waals surface area contributed by atoms with Gasteiger partial charge in [-0.15, -0.1) is 11.3 Å². The van der Waals surface area contributed by atoms with Gasteiger partial charge in [-0.2, -0.15) is 11.3 Å². The number of nitrogens with one attached hydrogen (secondary N) is 2. The average Bonchev–Trinajstić information content (AvgIpc) is 3.33. The zero-order chi connectivity index (χ0) is 17.7. The Morgan fingerprint density at radius 2 is 1.92 bits per heavy atom. The maximum absolute atomic E-state index is 12.1. The van der Waals surface area contributed by atoms with Crippen molar-refractivity contribution in [2.24, 2.45) is 0 Å². The van der Waals surface area contributed by atoms with Crippen LogP contribution in [0.1, 0.15) is 16.0 Å². The largest absolute Gasteiger partial charge is 0.378 e. The highest BCUT2D eigenvalue weighted by Gasteiger charge is 2.33. The van der Waals surface area contributed by atoms with Gasteiger partial charge < -0.3 is 15.7 Å². The van der Waals surface area contributed by atoms with E-state index in [9.17, 15) is 9.90 Å². The van der Waals surface area contributed by atoms with Crippen molar-refractivity contribution in [1.82, 2.24) is 10.6 Å². The van der Waals surface area contributed by atoms with E-state index in [-0.39, 0.29) is 12.6 Å². The number of hydrogen-bond acceptors (Lipinski definition) is 4. The zero-order valence-electron chi connectivity index (χ0n) is 13.2. The molecule has 0 aliphatic carbocycles. The third-order valence-electron chi connectivity index (χ3n) is 3.80. The van der Waals surface area contributed by atoms with E-state index in [4.69, 9.17) is 11.6 Å². The second-order valence-electron chi connectivity index (χ2n) is 5.51. The Kier molecular flexibility index (Phi) is 5.75. The van der Waals surface area contributed by atoms with E-state index in [1.165, 1.54) is 22.7 Å². The van der Waals surface area contributed by atoms with Crippen LogP contribution in [-0.2, 0) is 12.1 Å². The van der Waals surface area contributed by atoms with Crippen LogP contribution < -0.4 is 10.6 Å². The minimum absolute atomic E-state index is 0.0939. The molecule has 0 spiro atoms. The van der Waals surface area contributed by atoms with E-state index in [0.717, 1.165) is 16.0 Å². The van der Waals surface area contributed by atoms with Crippen LogP contribution >= 0.6 is 34.3 Å². The van der Waals surface area contributed by atoms with Crippen LogP contribution in [0.5, 0.6) is 0 Å². The number of rotatable bonds is 6. The van der Waals surface area contributed by atoms with Crippen LogP contribution in [0.3, 0.4) is 0 Å². The fraction of sp³-hybridized carbons (Fsp3) is 0.167. The molecule has 0 aliphatic rings. The van der Waals surface area contributed by atoms with Gasteiger partial charge in [-0.1, -0.05) is 29.8 Å². The van der Waals surface area contributed by atoms with Crippen molar-refractivity contribution in [2.45, 2.75) is 12.1 Å². The minimum atomic E-state index is -1.23. The molecule has 7 heteroatoms. The topological polar surface area (TPSA) is 61.4 Å². The van der Waals surface area contributed by atoms with Gasteiger partial charge >= 0.3 is 6.03 Å². The summed E-state index contributed by atoms with van der Waals surface area (Å²) in [4.78, 5) is 12.9. The average molecular weight is 393 g/mol. The van der Waals surface area contributed by atoms with Gasteiger partial charge in [-0.05, 0) is 46.0 Å². The van der Waals surface area contributed by atoms with E-state index < -0.39 is 5.60 Å². The van der Waals surface area contributed by atoms with Crippen LogP contribution in [0.25, 0.3) is 0 Å². The molecular weight excluding hydrogens is 376 g/mol. The van der Waals surface area contributed by atoms with Gasteiger partial charge in [0.15, 0.2) is 0 Å². The Morgan fingerprint density at radius 1 is 1.12 bits per heavy atom. The van der Waals surface area contributed by atoms with Crippen LogP contribution in [0.4, 0.5) is 4.79 Å². The molecule has 1 atom stereocenters. The Morgan fingerprint density at radius 3 is 2.56 bits per heavy atom. The Bertz CT molecular complexity index is 768. The quantitative estimate of drug-likeness (QED) is 0.588. The summed E-state index contributed by atoms with van der Waals surface area (Å²) in [5, 5.41) is 23.1. The summed E-state index contributed by atoms with van der Waals surface area (Å²) < 4.78 is 0. The van der Waals surface area contributed by atoms with Gasteiger partial charge in [0.2, 0.25) is 0 Å². The Labute approximate surface area is 159 Å². The molecule has 0 radical (unpaired) electrons. The van der Waals surface area contributed by atoms with Crippen molar-refractivity contribution in [1.29, 1.82) is 0 Å². The van der Waals surface area contributed by atoms with Crippen molar-refractivity contribution in [3.8, 4) is 0 Å². The molecule has 3 aromatic rings. The number of aliphatic hydroxyl groups is 1. The van der Waals surface area contributed by atoms with Gasteiger partial charge in [0.1, 0.15) is 5.60 Å². The lowest BCUT2D eigenvalue weighted by Gasteiger charge is -2.27. The molecule has 2 aromatic heterocycles. The van der Waals surface area contributed by atoms with Gasteiger partial charge in [-0.25, -0.2) is 4.79 Å². The zero-order valence-corrected chi connectivity index (χ0v) is 15.6. The first-order valence-electron chi connectivity index (χ1n) is 7.63. The monoisotopic (exact) mass is 392 g/mol. The smallest absolute Gasteiger partial charge is 0.315 e. The molecule has 1 aromatic carbocycles. The number of carbonyl (C=O) groups is 1. The van der Waals surface area contributed by atoms with Gasteiger partial charge in [0.05, 0.1) is 6.54 Å². The Balaban J connectivity index is 1.61. The lowest BCUT2D eigenvalue weighted by Crippen LogP contribution is -2.44. The van der Waals surface area contributed by atoms with E-state index in [1.807, 2.05) is 46.5 Å². The molecule has 2 heterocycles. The maximum Gasteiger partial charge on any atom is 0.315 e. The number of hydrogen-bond donors (Lipinski definition) is 3. The molecule has 0 saturated heterocycles. The molecule has 3 N–H and O–H groups in total. The predicted molar refractivity (Wildman–Crippen MR) is 103 cm³/mol. The number of halogens is 1. The number of carbonyl (C=O) groups excluding carboxylic acids is 1. The lowest BCUT2D eigenvalue weighted by atomic mass is 9.94. The van der Waals surface area contributed by atoms with Crippen LogP contribution in [0.2, 0.25) is 5.02 Å². The molecular formula is C18H17ClN2O2S2. The molecule has 4 nitrogen and oxygen atoms in total. The molecule has 3 rings (SSSR count). The highest BCUT2D eigenvalue weighted by atomic mass is 35.5. The summed E-state index contributed by atoms with van der Waals surface area (Å²) in [6, 6.07) is 12.6. The van der Waals surface area contributed by atoms with Gasteiger partial charge in [0, 0.05) is 22.0 Å². The van der Waals surface area contributed by atoms with E-state index >= 15 is 0 Å². The van der Waals surface area contributed by atoms with Gasteiger partial charge in [0.25, 0.3) is 0 Å². The first-order valence-corrected chi connectivity index (χ1v) is 9.83. The summed E-state index contributed by atoms with van der Waals surface area (Å²) in [7, 11) is 0. The normalized spacial score (nSPS) is 13.2. The van der Waals surface area contributed by atoms with Crippen LogP contribution in [0, 0.1) is 0 Å². The summed E-state index contributed by atoms with van der Waals surface area (Å²) in [5.41, 5.74) is 0.495. The molecule has 0 fully saturated rings. The predicted octanol–water partition coefficient (Wildman–Crippen LogP) is 4.20. The molecule has 0 saturated carbocycles. The highest BCUT2D eigenvalue weighted by Crippen LogP contribution is 2.33. The number of urea groups is 1. The van der Waals surface area contributed by atoms with Crippen molar-refractivity contribution >= 4 is 40.3 Å². The first-order chi connectivity index (χ1) is 12.1. The second-order valence-corrected chi connectivity index (χ2v) is 7.68. The van der Waals surface area contributed by atoms with Crippen molar-refractivity contribution in [3.63, 3.8) is 0 Å². The Hall–Kier alpha value is -1.86. The standard InChI is InChI=1S/C18H17ClN2O2S2/c19-15-5-3-13(4-6-15)10-20-17(22)21-12-18(23,14-7-9-24-11-14)16-2-1-8-25-16/h1-9,11,23H,10,12H2,(H2,20,21,22). The van der Waals surface area contributed by atoms with Gasteiger partial charge in [-0.3, -0.25) is 0 Å². The number of benzene rings is 1. The van der Waals surface area contributed by atoms with Crippen molar-refractivity contribution in [2.75, 3.05) is 6.54 Å². The van der Waals surface area contributed by atoms with E-state index in [1.54, 1.807) is 12.1 Å². The van der Waals surface area contributed by atoms with Crippen molar-refractivity contribution < 1.29 is 9.90 Å². The number of thiophene rings is 2. The highest BCUT2D eigenvalue weighted by molar-refractivity contribution is 7.10. The minimum Gasteiger partial charge on any atom is -0.378 e. The summed E-state index contributed by atoms with van der Waals surface area (Å²) in [6.07, 6.45) is 0. The fourth-order valence-corrected chi connectivity index (χ4v) is 4.10. The van der Waals surface area contributed by atoms with E-state index in [0.29, 0.717) is 11.6 Å². The molecule has 2 amide bonds. The maximum atomic E-state index is 12.1. The third kappa shape index (κ3) is 4.41. The number of amides is 2. The molecule has 0 bridgehead atoms. The fourth-order valence-electron chi connectivity index (χ4n) is 2.40. The molecule has 1 unspecified atom stereocenters. The summed E-state index contributed by atoms with van der Waals surface area (Å²) >= 11 is 8.82. The second kappa shape index (κ2) is 8.01. The SMILES string of the molecule is O=C(NCc1ccc(Cl)cc1)NCC(O)(c1ccsc1)c1cccs1. The molecule has 0 aliphatic heterocycles. The lowest BCUT2D eigenvalue weighted by molar-refractivity contribution is 0.0863. The third-order valence-corrected chi connectivity index (χ3v) is 5.75. The van der Waals surface area contributed by atoms with Crippen LogP contribution in [0.15, 0.2) is 58.6 Å². The summed E-state index contributed by atoms with van der Waals surface area (Å²) in [5.74, 6) is 0. The molecule has 130 valence electrons. The van der Waals surface area contributed by atoms with Crippen molar-refractivity contribution in [3.05, 3.63) is 79.6 Å². The van der Waals surface area contributed by atoms with Crippen LogP contribution in [-0.4, -0.2) is 17.7 Å². The first kappa shape index (κ1) is 17.9. The summed E-state index contributed by atoms with van der Waals surface area (Å²) in [6.45, 7) is 0.482.